The maximum atomic E-state index is 12.3. The summed E-state index contributed by atoms with van der Waals surface area (Å²) >= 11 is 8.31. The van der Waals surface area contributed by atoms with E-state index in [0.29, 0.717) is 13.2 Å². The highest BCUT2D eigenvalue weighted by atomic mass is 79.9. The first kappa shape index (κ1) is 13.5. The molecule has 0 saturated carbocycles. The van der Waals surface area contributed by atoms with Crippen molar-refractivity contribution in [3.8, 4) is 0 Å². The van der Waals surface area contributed by atoms with Gasteiger partial charge in [-0.25, -0.2) is 0 Å². The van der Waals surface area contributed by atoms with E-state index in [1.807, 2.05) is 23.3 Å². The van der Waals surface area contributed by atoms with Crippen LogP contribution in [-0.2, 0) is 4.74 Å². The molecule has 2 atom stereocenters. The van der Waals surface area contributed by atoms with Gasteiger partial charge < -0.3 is 9.64 Å². The van der Waals surface area contributed by atoms with Crippen LogP contribution in [0, 0.1) is 0 Å². The number of morpholine rings is 1. The highest BCUT2D eigenvalue weighted by molar-refractivity contribution is 9.11. The number of carbonyl (C=O) groups excluding carboxylic acids is 1. The van der Waals surface area contributed by atoms with Gasteiger partial charge in [0.05, 0.1) is 28.1 Å². The van der Waals surface area contributed by atoms with Gasteiger partial charge in [-0.15, -0.1) is 11.3 Å². The highest BCUT2D eigenvalue weighted by Crippen LogP contribution is 2.24. The smallest absolute Gasteiger partial charge is 0.255 e. The molecule has 3 nitrogen and oxygen atoms in total. The maximum absolute atomic E-state index is 12.3. The maximum Gasteiger partial charge on any atom is 0.255 e. The van der Waals surface area contributed by atoms with Gasteiger partial charge in [0.2, 0.25) is 0 Å². The van der Waals surface area contributed by atoms with Crippen molar-refractivity contribution in [2.45, 2.75) is 19.1 Å². The van der Waals surface area contributed by atoms with Crippen LogP contribution >= 0.6 is 43.2 Å². The van der Waals surface area contributed by atoms with Gasteiger partial charge in [0.15, 0.2) is 0 Å². The van der Waals surface area contributed by atoms with Gasteiger partial charge in [0, 0.05) is 17.3 Å². The van der Waals surface area contributed by atoms with Gasteiger partial charge in [0.1, 0.15) is 0 Å². The Kier molecular flexibility index (Phi) is 4.63. The Balaban J connectivity index is 2.12. The first-order valence-corrected chi connectivity index (χ1v) is 8.13. The lowest BCUT2D eigenvalue weighted by molar-refractivity contribution is -0.0361. The number of carbonyl (C=O) groups is 1. The summed E-state index contributed by atoms with van der Waals surface area (Å²) in [5, 5.41) is 2.65. The summed E-state index contributed by atoms with van der Waals surface area (Å²) in [5.74, 6) is 0.0914. The monoisotopic (exact) mass is 381 g/mol. The summed E-state index contributed by atoms with van der Waals surface area (Å²) < 4.78 is 6.60. The number of amides is 1. The normalized spacial score (nSPS) is 25.0. The molecule has 1 aromatic heterocycles. The molecule has 2 rings (SSSR count). The summed E-state index contributed by atoms with van der Waals surface area (Å²) in [6.45, 7) is 3.27. The van der Waals surface area contributed by atoms with E-state index in [0.717, 1.165) is 14.7 Å². The van der Waals surface area contributed by atoms with Crippen molar-refractivity contribution >= 4 is 49.1 Å². The van der Waals surface area contributed by atoms with Gasteiger partial charge in [0.25, 0.3) is 5.91 Å². The molecule has 0 aromatic carbocycles. The zero-order valence-electron chi connectivity index (χ0n) is 9.36. The van der Waals surface area contributed by atoms with Gasteiger partial charge >= 0.3 is 0 Å². The largest absolute Gasteiger partial charge is 0.373 e. The molecular weight excluding hydrogens is 370 g/mol. The fourth-order valence-corrected chi connectivity index (χ4v) is 3.30. The molecule has 94 valence electrons. The molecule has 2 heterocycles. The van der Waals surface area contributed by atoms with E-state index < -0.39 is 0 Å². The number of hydrogen-bond acceptors (Lipinski definition) is 3. The number of thiophene rings is 1. The number of alkyl halides is 1. The topological polar surface area (TPSA) is 29.5 Å². The minimum atomic E-state index is 0.0914. The lowest BCUT2D eigenvalue weighted by Gasteiger charge is -2.37. The van der Waals surface area contributed by atoms with E-state index >= 15 is 0 Å². The van der Waals surface area contributed by atoms with E-state index in [4.69, 9.17) is 4.74 Å². The Morgan fingerprint density at radius 3 is 3.06 bits per heavy atom. The van der Waals surface area contributed by atoms with Crippen LogP contribution in [0.5, 0.6) is 0 Å². The van der Waals surface area contributed by atoms with Crippen LogP contribution < -0.4 is 0 Å². The van der Waals surface area contributed by atoms with Crippen molar-refractivity contribution in [1.29, 1.82) is 0 Å². The van der Waals surface area contributed by atoms with Crippen molar-refractivity contribution in [2.75, 3.05) is 18.5 Å². The Hall–Kier alpha value is 0.0900. The molecule has 6 heteroatoms. The quantitative estimate of drug-likeness (QED) is 0.735. The lowest BCUT2D eigenvalue weighted by Crippen LogP contribution is -2.51. The number of rotatable bonds is 2. The Morgan fingerprint density at radius 2 is 2.47 bits per heavy atom. The highest BCUT2D eigenvalue weighted by Gasteiger charge is 2.29. The number of nitrogens with zero attached hydrogens (tertiary/aromatic N) is 1. The molecule has 0 bridgehead atoms. The van der Waals surface area contributed by atoms with Crippen LogP contribution in [0.25, 0.3) is 0 Å². The second-order valence-corrected chi connectivity index (χ2v) is 6.99. The summed E-state index contributed by atoms with van der Waals surface area (Å²) in [5.41, 5.74) is 0.754. The molecule has 1 fully saturated rings. The molecule has 1 saturated heterocycles. The van der Waals surface area contributed by atoms with E-state index in [2.05, 4.69) is 31.9 Å². The fourth-order valence-electron chi connectivity index (χ4n) is 1.78. The molecule has 0 radical (unpaired) electrons. The van der Waals surface area contributed by atoms with Crippen LogP contribution in [0.4, 0.5) is 0 Å². The van der Waals surface area contributed by atoms with Gasteiger partial charge in [-0.2, -0.15) is 0 Å². The van der Waals surface area contributed by atoms with E-state index in [-0.39, 0.29) is 18.1 Å². The SMILES string of the molecule is CC1COC(CBr)CN1C(=O)c1csc(Br)c1. The summed E-state index contributed by atoms with van der Waals surface area (Å²) in [6.07, 6.45) is 0.0947. The second kappa shape index (κ2) is 5.82. The Labute approximate surface area is 121 Å². The zero-order chi connectivity index (χ0) is 12.4. The Morgan fingerprint density at radius 1 is 1.71 bits per heavy atom. The molecular formula is C11H13Br2NO2S. The molecule has 1 amide bonds. The third kappa shape index (κ3) is 3.10. The minimum absolute atomic E-state index is 0.0914. The fraction of sp³-hybridized carbons (Fsp3) is 0.545. The predicted molar refractivity (Wildman–Crippen MR) is 76.1 cm³/mol. The lowest BCUT2D eigenvalue weighted by atomic mass is 10.1. The molecule has 1 aliphatic rings. The third-order valence-corrected chi connectivity index (χ3v) is 4.98. The van der Waals surface area contributed by atoms with Crippen LogP contribution in [0.1, 0.15) is 17.3 Å². The standard InChI is InChI=1S/C11H13Br2NO2S/c1-7-5-16-9(3-12)4-14(7)11(15)8-2-10(13)17-6-8/h2,6-7,9H,3-5H2,1H3. The van der Waals surface area contributed by atoms with Crippen LogP contribution in [-0.4, -0.2) is 41.4 Å². The first-order chi connectivity index (χ1) is 8.11. The molecule has 0 spiro atoms. The van der Waals surface area contributed by atoms with Crippen molar-refractivity contribution < 1.29 is 9.53 Å². The van der Waals surface area contributed by atoms with E-state index in [1.54, 1.807) is 0 Å². The van der Waals surface area contributed by atoms with Crippen molar-refractivity contribution in [3.05, 3.63) is 20.8 Å². The minimum Gasteiger partial charge on any atom is -0.373 e. The van der Waals surface area contributed by atoms with Gasteiger partial charge in [-0.05, 0) is 28.9 Å². The zero-order valence-corrected chi connectivity index (χ0v) is 13.3. The summed E-state index contributed by atoms with van der Waals surface area (Å²) in [6, 6.07) is 2.01. The predicted octanol–water partition coefficient (Wildman–Crippen LogP) is 3.14. The molecule has 2 unspecified atom stereocenters. The average molecular weight is 383 g/mol. The molecule has 0 aliphatic carbocycles. The van der Waals surface area contributed by atoms with Crippen molar-refractivity contribution in [1.82, 2.24) is 4.90 Å². The molecule has 1 aromatic rings. The molecule has 1 aliphatic heterocycles. The first-order valence-electron chi connectivity index (χ1n) is 5.34. The van der Waals surface area contributed by atoms with E-state index in [1.165, 1.54) is 11.3 Å². The van der Waals surface area contributed by atoms with Crippen LogP contribution in [0.15, 0.2) is 15.2 Å². The van der Waals surface area contributed by atoms with Gasteiger partial charge in [-0.1, -0.05) is 15.9 Å². The number of hydrogen-bond donors (Lipinski definition) is 0. The van der Waals surface area contributed by atoms with Crippen molar-refractivity contribution in [3.63, 3.8) is 0 Å². The molecule has 17 heavy (non-hydrogen) atoms. The van der Waals surface area contributed by atoms with Crippen LogP contribution in [0.2, 0.25) is 0 Å². The Bertz CT molecular complexity index is 410. The summed E-state index contributed by atoms with van der Waals surface area (Å²) in [4.78, 5) is 14.2. The summed E-state index contributed by atoms with van der Waals surface area (Å²) in [7, 11) is 0. The third-order valence-electron chi connectivity index (χ3n) is 2.75. The van der Waals surface area contributed by atoms with Crippen molar-refractivity contribution in [2.24, 2.45) is 0 Å². The second-order valence-electron chi connectivity index (χ2n) is 4.06. The average Bonchev–Trinajstić information content (AvgIpc) is 2.76. The molecule has 0 N–H and O–H groups in total. The van der Waals surface area contributed by atoms with Gasteiger partial charge in [-0.3, -0.25) is 4.79 Å². The van der Waals surface area contributed by atoms with E-state index in [9.17, 15) is 4.79 Å². The van der Waals surface area contributed by atoms with Crippen LogP contribution in [0.3, 0.4) is 0 Å². The number of ether oxygens (including phenoxy) is 1. The number of halogens is 2.